The van der Waals surface area contributed by atoms with Crippen molar-refractivity contribution in [3.8, 4) is 5.75 Å². The molecule has 1 aliphatic rings. The molecule has 11 nitrogen and oxygen atoms in total. The Morgan fingerprint density at radius 3 is 2.27 bits per heavy atom. The maximum Gasteiger partial charge on any atom is 0.416 e. The first-order chi connectivity index (χ1) is 24.2. The number of hydrogen-bond donors (Lipinski definition) is 4. The Labute approximate surface area is 296 Å². The third-order valence-corrected chi connectivity index (χ3v) is 8.61. The zero-order valence-electron chi connectivity index (χ0n) is 29.2. The van der Waals surface area contributed by atoms with Crippen LogP contribution in [0.2, 0.25) is 0 Å². The van der Waals surface area contributed by atoms with E-state index in [0.29, 0.717) is 24.5 Å². The molecule has 0 saturated heterocycles. The lowest BCUT2D eigenvalue weighted by atomic mass is 10.0. The zero-order valence-corrected chi connectivity index (χ0v) is 29.2. The van der Waals surface area contributed by atoms with E-state index in [4.69, 9.17) is 9.47 Å². The maximum atomic E-state index is 14.3. The van der Waals surface area contributed by atoms with Crippen LogP contribution in [-0.4, -0.2) is 84.5 Å². The SMILES string of the molecule is C[C@@H]1CCCCO[C@@H](CN(C)C(=O)Nc2ccccc2)[C@H](C)CN([C@H](C)CO)C(=O)c2cc(NC(=O)Nc3ccc(C(F)(F)F)cc3)ccc2O1. The lowest BCUT2D eigenvalue weighted by Gasteiger charge is -2.35. The molecule has 1 heterocycles. The molecule has 1 aliphatic heterocycles. The van der Waals surface area contributed by atoms with Crippen LogP contribution in [0.4, 0.5) is 39.8 Å². The molecule has 3 aromatic carbocycles. The number of benzene rings is 3. The van der Waals surface area contributed by atoms with Gasteiger partial charge in [-0.25, -0.2) is 9.59 Å². The van der Waals surface area contributed by atoms with Crippen LogP contribution in [0.5, 0.6) is 5.75 Å². The smallest absolute Gasteiger partial charge is 0.416 e. The Morgan fingerprint density at radius 2 is 1.61 bits per heavy atom. The van der Waals surface area contributed by atoms with E-state index in [0.717, 1.165) is 37.1 Å². The molecule has 4 rings (SSSR count). The third-order valence-electron chi connectivity index (χ3n) is 8.61. The molecule has 0 radical (unpaired) electrons. The van der Waals surface area contributed by atoms with E-state index in [1.807, 2.05) is 32.0 Å². The average Bonchev–Trinajstić information content (AvgIpc) is 3.09. The molecule has 276 valence electrons. The summed E-state index contributed by atoms with van der Waals surface area (Å²) >= 11 is 0. The van der Waals surface area contributed by atoms with Crippen LogP contribution in [0.3, 0.4) is 0 Å². The number of anilines is 3. The van der Waals surface area contributed by atoms with Crippen LogP contribution in [0.25, 0.3) is 0 Å². The van der Waals surface area contributed by atoms with E-state index < -0.39 is 35.8 Å². The minimum Gasteiger partial charge on any atom is -0.490 e. The van der Waals surface area contributed by atoms with Crippen LogP contribution in [0.15, 0.2) is 72.8 Å². The molecular formula is C37H46F3N5O6. The summed E-state index contributed by atoms with van der Waals surface area (Å²) in [5.74, 6) is -0.438. The van der Waals surface area contributed by atoms with Crippen molar-refractivity contribution in [1.82, 2.24) is 9.80 Å². The first-order valence-corrected chi connectivity index (χ1v) is 16.9. The Morgan fingerprint density at radius 1 is 0.961 bits per heavy atom. The number of hydrogen-bond acceptors (Lipinski definition) is 6. The van der Waals surface area contributed by atoms with E-state index in [2.05, 4.69) is 16.0 Å². The molecule has 14 heteroatoms. The second-order valence-electron chi connectivity index (χ2n) is 12.8. The highest BCUT2D eigenvalue weighted by Gasteiger charge is 2.32. The molecule has 3 aromatic rings. The van der Waals surface area contributed by atoms with Gasteiger partial charge in [0.05, 0.1) is 36.0 Å². The fourth-order valence-corrected chi connectivity index (χ4v) is 5.59. The Hall–Kier alpha value is -4.82. The van der Waals surface area contributed by atoms with Gasteiger partial charge in [-0.2, -0.15) is 13.2 Å². The number of amides is 5. The molecule has 0 aromatic heterocycles. The van der Waals surface area contributed by atoms with Gasteiger partial charge in [-0.05, 0) is 87.7 Å². The number of nitrogens with one attached hydrogen (secondary N) is 3. The summed E-state index contributed by atoms with van der Waals surface area (Å²) in [6.07, 6.45) is -3.03. The number of fused-ring (bicyclic) bond motifs is 1. The molecule has 4 N–H and O–H groups in total. The quantitative estimate of drug-likeness (QED) is 0.203. The molecule has 0 bridgehead atoms. The fraction of sp³-hybridized carbons (Fsp3) is 0.432. The number of para-hydroxylation sites is 1. The number of likely N-dealkylation sites (N-methyl/N-ethyl adjacent to an activating group) is 1. The van der Waals surface area contributed by atoms with Gasteiger partial charge in [0.15, 0.2) is 0 Å². The second kappa shape index (κ2) is 17.9. The molecule has 0 saturated carbocycles. The van der Waals surface area contributed by atoms with E-state index in [-0.39, 0.29) is 54.7 Å². The number of ether oxygens (including phenoxy) is 2. The predicted octanol–water partition coefficient (Wildman–Crippen LogP) is 7.31. The van der Waals surface area contributed by atoms with Gasteiger partial charge in [0.2, 0.25) is 0 Å². The van der Waals surface area contributed by atoms with Crippen LogP contribution in [0, 0.1) is 5.92 Å². The largest absolute Gasteiger partial charge is 0.490 e. The van der Waals surface area contributed by atoms with Crippen molar-refractivity contribution in [2.24, 2.45) is 5.92 Å². The van der Waals surface area contributed by atoms with Gasteiger partial charge >= 0.3 is 18.2 Å². The van der Waals surface area contributed by atoms with Crippen molar-refractivity contribution in [3.63, 3.8) is 0 Å². The van der Waals surface area contributed by atoms with Crippen LogP contribution in [-0.2, 0) is 10.9 Å². The number of carbonyl (C=O) groups excluding carboxylic acids is 3. The molecular weight excluding hydrogens is 667 g/mol. The van der Waals surface area contributed by atoms with Gasteiger partial charge in [0, 0.05) is 49.7 Å². The van der Waals surface area contributed by atoms with Crippen molar-refractivity contribution in [2.45, 2.75) is 64.5 Å². The highest BCUT2D eigenvalue weighted by atomic mass is 19.4. The summed E-state index contributed by atoms with van der Waals surface area (Å²) in [4.78, 5) is 43.3. The van der Waals surface area contributed by atoms with E-state index >= 15 is 0 Å². The fourth-order valence-electron chi connectivity index (χ4n) is 5.59. The topological polar surface area (TPSA) is 132 Å². The third kappa shape index (κ3) is 11.3. The van der Waals surface area contributed by atoms with Gasteiger partial charge in [-0.15, -0.1) is 0 Å². The van der Waals surface area contributed by atoms with E-state index in [1.54, 1.807) is 38.2 Å². The summed E-state index contributed by atoms with van der Waals surface area (Å²) in [5.41, 5.74) is 0.339. The highest BCUT2D eigenvalue weighted by Crippen LogP contribution is 2.31. The first-order valence-electron chi connectivity index (χ1n) is 16.9. The molecule has 0 unspecified atom stereocenters. The van der Waals surface area contributed by atoms with Crippen molar-refractivity contribution >= 4 is 35.0 Å². The normalized spacial score (nSPS) is 19.5. The van der Waals surface area contributed by atoms with E-state index in [1.165, 1.54) is 15.9 Å². The number of aliphatic hydroxyl groups excluding tert-OH is 1. The number of alkyl halides is 3. The molecule has 5 amide bonds. The lowest BCUT2D eigenvalue weighted by Crippen LogP contribution is -2.48. The molecule has 4 atom stereocenters. The van der Waals surface area contributed by atoms with Gasteiger partial charge in [0.25, 0.3) is 5.91 Å². The summed E-state index contributed by atoms with van der Waals surface area (Å²) in [6.45, 7) is 6.06. The Balaban J connectivity index is 1.56. The second-order valence-corrected chi connectivity index (χ2v) is 12.8. The molecule has 0 aliphatic carbocycles. The van der Waals surface area contributed by atoms with Crippen LogP contribution < -0.4 is 20.7 Å². The summed E-state index contributed by atoms with van der Waals surface area (Å²) in [7, 11) is 1.68. The van der Waals surface area contributed by atoms with Crippen molar-refractivity contribution < 1.29 is 42.1 Å². The lowest BCUT2D eigenvalue weighted by molar-refractivity contribution is -0.137. The standard InChI is InChI=1S/C37H46F3N5O6/c1-24-21-45(25(2)23-46)34(47)31-20-30(42-35(48)41-29-15-13-27(14-16-29)37(38,39)40)17-18-32(31)51-26(3)10-8-9-19-50-33(24)22-44(4)36(49)43-28-11-6-5-7-12-28/h5-7,11-18,20,24-26,33,46H,8-10,19,21-23H2,1-4H3,(H,43,49)(H2,41,42,48)/t24-,25-,26-,33+/m1/s1. The van der Waals surface area contributed by atoms with Crippen molar-refractivity contribution in [2.75, 3.05) is 49.3 Å². The number of urea groups is 2. The number of nitrogens with zero attached hydrogens (tertiary/aromatic N) is 2. The predicted molar refractivity (Wildman–Crippen MR) is 189 cm³/mol. The number of rotatable bonds is 7. The Bertz CT molecular complexity index is 1610. The average molecular weight is 714 g/mol. The number of halogens is 3. The van der Waals surface area contributed by atoms with Crippen molar-refractivity contribution in [1.29, 1.82) is 0 Å². The van der Waals surface area contributed by atoms with Gasteiger partial charge in [-0.3, -0.25) is 4.79 Å². The monoisotopic (exact) mass is 713 g/mol. The van der Waals surface area contributed by atoms with Crippen molar-refractivity contribution in [3.05, 3.63) is 83.9 Å². The Kier molecular flexibility index (Phi) is 13.7. The summed E-state index contributed by atoms with van der Waals surface area (Å²) in [6, 6.07) is 16.1. The molecule has 0 spiro atoms. The number of aliphatic hydroxyl groups is 1. The minimum absolute atomic E-state index is 0.143. The van der Waals surface area contributed by atoms with Gasteiger partial charge in [-0.1, -0.05) is 25.1 Å². The highest BCUT2D eigenvalue weighted by molar-refractivity contribution is 6.02. The number of carbonyl (C=O) groups is 3. The maximum absolute atomic E-state index is 14.3. The summed E-state index contributed by atoms with van der Waals surface area (Å²) in [5, 5.41) is 18.2. The first kappa shape index (κ1) is 39.0. The molecule has 51 heavy (non-hydrogen) atoms. The zero-order chi connectivity index (χ0) is 37.1. The van der Waals surface area contributed by atoms with Crippen LogP contribution in [0.1, 0.15) is 56.0 Å². The van der Waals surface area contributed by atoms with Crippen LogP contribution >= 0.6 is 0 Å². The minimum atomic E-state index is -4.51. The molecule has 0 fully saturated rings. The van der Waals surface area contributed by atoms with Gasteiger partial charge in [0.1, 0.15) is 5.75 Å². The summed E-state index contributed by atoms with van der Waals surface area (Å²) < 4.78 is 51.4. The van der Waals surface area contributed by atoms with E-state index in [9.17, 15) is 32.7 Å². The van der Waals surface area contributed by atoms with Gasteiger partial charge < -0.3 is 40.3 Å².